The van der Waals surface area contributed by atoms with Gasteiger partial charge < -0.3 is 9.88 Å². The molecule has 0 aliphatic carbocycles. The number of likely N-dealkylation sites (tertiary alicyclic amines) is 1. The van der Waals surface area contributed by atoms with E-state index in [-0.39, 0.29) is 11.8 Å². The average molecular weight is 487 g/mol. The first-order valence-electron chi connectivity index (χ1n) is 12.3. The van der Waals surface area contributed by atoms with Crippen molar-refractivity contribution in [2.45, 2.75) is 39.8 Å². The number of carbonyl (C=O) groups excluding carboxylic acids is 1. The van der Waals surface area contributed by atoms with Crippen LogP contribution in [0, 0.1) is 19.8 Å². The zero-order valence-corrected chi connectivity index (χ0v) is 21.1. The molecule has 6 heteroatoms. The molecule has 1 aliphatic heterocycles. The summed E-state index contributed by atoms with van der Waals surface area (Å²) in [5.74, 6) is 1.10. The smallest absolute Gasteiger partial charge is 0.228 e. The number of hydrogen-bond donors (Lipinski definition) is 1. The average Bonchev–Trinajstić information content (AvgIpc) is 3.19. The number of nitrogens with zero attached hydrogens (tertiary/aromatic N) is 3. The van der Waals surface area contributed by atoms with Gasteiger partial charge in [0.15, 0.2) is 0 Å². The van der Waals surface area contributed by atoms with Crippen LogP contribution in [-0.4, -0.2) is 33.4 Å². The van der Waals surface area contributed by atoms with Crippen LogP contribution in [0.3, 0.4) is 0 Å². The van der Waals surface area contributed by atoms with E-state index in [1.54, 1.807) is 0 Å². The van der Waals surface area contributed by atoms with Gasteiger partial charge in [-0.1, -0.05) is 53.6 Å². The van der Waals surface area contributed by atoms with Crippen molar-refractivity contribution in [2.24, 2.45) is 5.92 Å². The highest BCUT2D eigenvalue weighted by molar-refractivity contribution is 6.30. The molecule has 1 amide bonds. The second-order valence-electron chi connectivity index (χ2n) is 9.61. The molecule has 1 saturated heterocycles. The Hall–Kier alpha value is -3.15. The van der Waals surface area contributed by atoms with Gasteiger partial charge in [-0.2, -0.15) is 0 Å². The van der Waals surface area contributed by atoms with Gasteiger partial charge >= 0.3 is 0 Å². The molecule has 1 fully saturated rings. The minimum absolute atomic E-state index is 0.0291. The summed E-state index contributed by atoms with van der Waals surface area (Å²) >= 11 is 6.10. The van der Waals surface area contributed by atoms with Crippen LogP contribution in [0.15, 0.2) is 66.7 Å². The monoisotopic (exact) mass is 486 g/mol. The van der Waals surface area contributed by atoms with Crippen molar-refractivity contribution >= 4 is 34.2 Å². The number of nitrogens with one attached hydrogen (secondary N) is 1. The van der Waals surface area contributed by atoms with Crippen LogP contribution in [0.4, 0.5) is 5.69 Å². The standard InChI is InChI=1S/C29H31ClN4O/c1-20-9-14-25(21(2)16-20)32-29(35)23-6-5-15-33(18-23)19-28-31-26-7-3-4-8-27(26)34(28)17-22-10-12-24(30)13-11-22/h3-4,7-14,16,23H,5-6,15,17-19H2,1-2H3,(H,32,35)/t23-/m1/s1. The largest absolute Gasteiger partial charge is 0.326 e. The minimum Gasteiger partial charge on any atom is -0.326 e. The summed E-state index contributed by atoms with van der Waals surface area (Å²) in [7, 11) is 0. The van der Waals surface area contributed by atoms with Gasteiger partial charge in [0, 0.05) is 23.8 Å². The lowest BCUT2D eigenvalue weighted by molar-refractivity contribution is -0.121. The van der Waals surface area contributed by atoms with Crippen molar-refractivity contribution in [3.8, 4) is 0 Å². The number of aryl methyl sites for hydroxylation is 2. The number of para-hydroxylation sites is 2. The van der Waals surface area contributed by atoms with Gasteiger partial charge in [-0.15, -0.1) is 0 Å². The summed E-state index contributed by atoms with van der Waals surface area (Å²) in [6, 6.07) is 22.4. The third-order valence-electron chi connectivity index (χ3n) is 6.87. The van der Waals surface area contributed by atoms with Gasteiger partial charge in [-0.3, -0.25) is 9.69 Å². The van der Waals surface area contributed by atoms with Gasteiger partial charge in [-0.05, 0) is 74.7 Å². The minimum atomic E-state index is -0.0291. The van der Waals surface area contributed by atoms with Gasteiger partial charge in [0.05, 0.1) is 23.5 Å². The maximum absolute atomic E-state index is 13.1. The van der Waals surface area contributed by atoms with Gasteiger partial charge in [-0.25, -0.2) is 4.98 Å². The molecule has 180 valence electrons. The van der Waals surface area contributed by atoms with Gasteiger partial charge in [0.1, 0.15) is 5.82 Å². The number of anilines is 1. The summed E-state index contributed by atoms with van der Waals surface area (Å²) in [5.41, 5.74) is 6.51. The lowest BCUT2D eigenvalue weighted by Gasteiger charge is -2.32. The first kappa shape index (κ1) is 23.6. The number of fused-ring (bicyclic) bond motifs is 1. The molecule has 5 rings (SSSR count). The van der Waals surface area contributed by atoms with Gasteiger partial charge in [0.2, 0.25) is 5.91 Å². The number of aromatic nitrogens is 2. The highest BCUT2D eigenvalue weighted by atomic mass is 35.5. The van der Waals surface area contributed by atoms with E-state index in [4.69, 9.17) is 16.6 Å². The van der Waals surface area contributed by atoms with E-state index in [9.17, 15) is 4.79 Å². The van der Waals surface area contributed by atoms with Crippen molar-refractivity contribution in [1.29, 1.82) is 0 Å². The molecule has 0 spiro atoms. The molecular formula is C29H31ClN4O. The van der Waals surface area contributed by atoms with E-state index in [0.717, 1.165) is 72.2 Å². The zero-order valence-electron chi connectivity index (χ0n) is 20.3. The fourth-order valence-electron chi connectivity index (χ4n) is 5.00. The number of piperidine rings is 1. The zero-order chi connectivity index (χ0) is 24.4. The summed E-state index contributed by atoms with van der Waals surface area (Å²) in [5, 5.41) is 3.90. The summed E-state index contributed by atoms with van der Waals surface area (Å²) in [4.78, 5) is 20.5. The Morgan fingerprint density at radius 2 is 1.86 bits per heavy atom. The normalized spacial score (nSPS) is 16.5. The molecule has 0 unspecified atom stereocenters. The summed E-state index contributed by atoms with van der Waals surface area (Å²) < 4.78 is 2.29. The fraction of sp³-hybridized carbons (Fsp3) is 0.310. The van der Waals surface area contributed by atoms with E-state index < -0.39 is 0 Å². The van der Waals surface area contributed by atoms with Crippen LogP contribution in [0.5, 0.6) is 0 Å². The molecule has 3 aromatic carbocycles. The van der Waals surface area contributed by atoms with E-state index in [1.807, 2.05) is 37.3 Å². The predicted molar refractivity (Wildman–Crippen MR) is 143 cm³/mol. The van der Waals surface area contributed by atoms with Crippen LogP contribution in [0.2, 0.25) is 5.02 Å². The first-order valence-corrected chi connectivity index (χ1v) is 12.6. The Morgan fingerprint density at radius 1 is 1.06 bits per heavy atom. The molecule has 0 bridgehead atoms. The van der Waals surface area contributed by atoms with E-state index in [1.165, 1.54) is 11.1 Å². The molecule has 0 saturated carbocycles. The Morgan fingerprint density at radius 3 is 2.66 bits per heavy atom. The van der Waals surface area contributed by atoms with E-state index >= 15 is 0 Å². The van der Waals surface area contributed by atoms with Crippen LogP contribution in [-0.2, 0) is 17.9 Å². The quantitative estimate of drug-likeness (QED) is 0.352. The highest BCUT2D eigenvalue weighted by Crippen LogP contribution is 2.25. The first-order chi connectivity index (χ1) is 17.0. The molecule has 1 atom stereocenters. The molecule has 1 aliphatic rings. The lowest BCUT2D eigenvalue weighted by Crippen LogP contribution is -2.40. The van der Waals surface area contributed by atoms with Crippen molar-refractivity contribution in [3.05, 3.63) is 94.3 Å². The molecule has 2 heterocycles. The van der Waals surface area contributed by atoms with Crippen LogP contribution >= 0.6 is 11.6 Å². The number of rotatable bonds is 6. The van der Waals surface area contributed by atoms with Crippen LogP contribution in [0.1, 0.15) is 35.4 Å². The van der Waals surface area contributed by atoms with E-state index in [0.29, 0.717) is 0 Å². The van der Waals surface area contributed by atoms with Crippen molar-refractivity contribution in [2.75, 3.05) is 18.4 Å². The Labute approximate surface area is 211 Å². The Balaban J connectivity index is 1.33. The molecule has 0 radical (unpaired) electrons. The van der Waals surface area contributed by atoms with Crippen molar-refractivity contribution in [1.82, 2.24) is 14.5 Å². The molecule has 5 nitrogen and oxygen atoms in total. The Kier molecular flexibility index (Phi) is 6.89. The third kappa shape index (κ3) is 5.42. The number of carbonyl (C=O) groups is 1. The van der Waals surface area contributed by atoms with Crippen molar-refractivity contribution < 1.29 is 4.79 Å². The number of amides is 1. The highest BCUT2D eigenvalue weighted by Gasteiger charge is 2.27. The van der Waals surface area contributed by atoms with Crippen LogP contribution < -0.4 is 5.32 Å². The molecule has 1 N–H and O–H groups in total. The van der Waals surface area contributed by atoms with Crippen LogP contribution in [0.25, 0.3) is 11.0 Å². The molecule has 4 aromatic rings. The lowest BCUT2D eigenvalue weighted by atomic mass is 9.96. The second-order valence-corrected chi connectivity index (χ2v) is 10.0. The summed E-state index contributed by atoms with van der Waals surface area (Å²) in [6.07, 6.45) is 1.91. The number of benzene rings is 3. The summed E-state index contributed by atoms with van der Waals surface area (Å²) in [6.45, 7) is 7.27. The molecule has 1 aromatic heterocycles. The van der Waals surface area contributed by atoms with E-state index in [2.05, 4.69) is 58.1 Å². The molecule has 35 heavy (non-hydrogen) atoms. The second kappa shape index (κ2) is 10.2. The fourth-order valence-corrected chi connectivity index (χ4v) is 5.12. The SMILES string of the molecule is Cc1ccc(NC(=O)[C@@H]2CCCN(Cc3nc4ccccc4n3Cc3ccc(Cl)cc3)C2)c(C)c1. The number of imidazole rings is 1. The number of hydrogen-bond acceptors (Lipinski definition) is 3. The maximum atomic E-state index is 13.1. The Bertz CT molecular complexity index is 1340. The number of halogens is 1. The van der Waals surface area contributed by atoms with Crippen molar-refractivity contribution in [3.63, 3.8) is 0 Å². The predicted octanol–water partition coefficient (Wildman–Crippen LogP) is 6.21. The third-order valence-corrected chi connectivity index (χ3v) is 7.12. The van der Waals surface area contributed by atoms with Gasteiger partial charge in [0.25, 0.3) is 0 Å². The topological polar surface area (TPSA) is 50.2 Å². The molecular weight excluding hydrogens is 456 g/mol. The maximum Gasteiger partial charge on any atom is 0.228 e.